The van der Waals surface area contributed by atoms with Gasteiger partial charge in [-0.25, -0.2) is 9.97 Å². The Labute approximate surface area is 171 Å². The molecule has 2 N–H and O–H groups in total. The van der Waals surface area contributed by atoms with Gasteiger partial charge >= 0.3 is 5.69 Å². The minimum absolute atomic E-state index is 0.0867. The number of hydrazine groups is 1. The second kappa shape index (κ2) is 7.59. The number of carbonyl (C=O) groups is 1. The maximum absolute atomic E-state index is 12.4. The third-order valence-corrected chi connectivity index (χ3v) is 4.64. The van der Waals surface area contributed by atoms with E-state index in [9.17, 15) is 14.9 Å². The van der Waals surface area contributed by atoms with Crippen LogP contribution < -0.4 is 10.9 Å². The van der Waals surface area contributed by atoms with Gasteiger partial charge in [-0.2, -0.15) is 4.68 Å². The topological polar surface area (TPSA) is 141 Å². The number of hydrogen-bond acceptors (Lipinski definition) is 8. The number of para-hydroxylation sites is 1. The maximum atomic E-state index is 12.4. The Bertz CT molecular complexity index is 1240. The zero-order valence-electron chi connectivity index (χ0n) is 14.5. The number of fused-ring (bicyclic) bond motifs is 1. The number of benzene rings is 2. The van der Waals surface area contributed by atoms with Crippen LogP contribution in [0.5, 0.6) is 0 Å². The lowest BCUT2D eigenvalue weighted by Crippen LogP contribution is -2.30. The van der Waals surface area contributed by atoms with E-state index in [4.69, 9.17) is 0 Å². The van der Waals surface area contributed by atoms with Gasteiger partial charge in [-0.1, -0.05) is 29.5 Å². The molecule has 0 spiro atoms. The molecule has 11 nitrogen and oxygen atoms in total. The van der Waals surface area contributed by atoms with Crippen LogP contribution in [0, 0.1) is 10.1 Å². The van der Waals surface area contributed by atoms with Crippen LogP contribution in [0.3, 0.4) is 0 Å². The van der Waals surface area contributed by atoms with Gasteiger partial charge in [0, 0.05) is 4.47 Å². The zero-order valence-corrected chi connectivity index (χ0v) is 16.1. The van der Waals surface area contributed by atoms with E-state index in [1.807, 2.05) is 0 Å². The third-order valence-electron chi connectivity index (χ3n) is 3.95. The first-order valence-electron chi connectivity index (χ1n) is 8.17. The van der Waals surface area contributed by atoms with Gasteiger partial charge in [-0.15, -0.1) is 5.10 Å². The van der Waals surface area contributed by atoms with Crippen molar-refractivity contribution in [2.24, 2.45) is 0 Å². The summed E-state index contributed by atoms with van der Waals surface area (Å²) in [5, 5.41) is 19.7. The van der Waals surface area contributed by atoms with E-state index in [1.165, 1.54) is 4.68 Å². The molecule has 0 bridgehead atoms. The number of amides is 1. The normalized spacial score (nSPS) is 10.7. The van der Waals surface area contributed by atoms with Crippen molar-refractivity contribution in [3.63, 3.8) is 0 Å². The molecule has 0 unspecified atom stereocenters. The van der Waals surface area contributed by atoms with Gasteiger partial charge in [-0.05, 0) is 40.2 Å². The van der Waals surface area contributed by atoms with E-state index in [1.54, 1.807) is 48.5 Å². The number of nitro groups is 1. The van der Waals surface area contributed by atoms with Crippen LogP contribution in [0.25, 0.3) is 16.9 Å². The molecule has 4 rings (SSSR count). The summed E-state index contributed by atoms with van der Waals surface area (Å²) >= 11 is 3.28. The molecule has 1 amide bonds. The molecule has 0 saturated heterocycles. The van der Waals surface area contributed by atoms with Crippen LogP contribution in [0.4, 0.5) is 11.5 Å². The fourth-order valence-corrected chi connectivity index (χ4v) is 3.10. The monoisotopic (exact) mass is 454 g/mol. The summed E-state index contributed by atoms with van der Waals surface area (Å²) in [6.07, 6.45) is 1.13. The molecule has 0 radical (unpaired) electrons. The van der Waals surface area contributed by atoms with Gasteiger partial charge in [0.2, 0.25) is 11.6 Å². The molecule has 29 heavy (non-hydrogen) atoms. The first kappa shape index (κ1) is 18.4. The van der Waals surface area contributed by atoms with Crippen LogP contribution in [0.15, 0.2) is 59.3 Å². The van der Waals surface area contributed by atoms with Crippen LogP contribution in [0.2, 0.25) is 0 Å². The van der Waals surface area contributed by atoms with E-state index in [0.717, 1.165) is 6.33 Å². The highest BCUT2D eigenvalue weighted by atomic mass is 79.9. The largest absolute Gasteiger partial charge is 0.357 e. The summed E-state index contributed by atoms with van der Waals surface area (Å²) in [5.74, 6) is -0.783. The number of anilines is 1. The molecule has 12 heteroatoms. The first-order chi connectivity index (χ1) is 14.1. The summed E-state index contributed by atoms with van der Waals surface area (Å²) in [6, 6.07) is 13.7. The van der Waals surface area contributed by atoms with Crippen molar-refractivity contribution < 1.29 is 9.72 Å². The van der Waals surface area contributed by atoms with Gasteiger partial charge in [0.1, 0.15) is 11.8 Å². The standard InChI is InChI=1S/C17H11BrN8O3/c18-11-6-2-1-5-10(11)17(27)23-22-15-14(26(28)29)16(20-9-19-15)25-13-8-4-3-7-12(13)21-24-25/h1-9H,(H,23,27)(H,19,20,22). The van der Waals surface area contributed by atoms with Crippen molar-refractivity contribution in [2.75, 3.05) is 5.43 Å². The number of nitrogens with one attached hydrogen (secondary N) is 2. The quantitative estimate of drug-likeness (QED) is 0.346. The minimum atomic E-state index is -0.654. The SMILES string of the molecule is O=C(NNc1ncnc(-n2nnc3ccccc32)c1[N+](=O)[O-])c1ccccc1Br. The molecule has 2 aromatic carbocycles. The highest BCUT2D eigenvalue weighted by Crippen LogP contribution is 2.28. The average molecular weight is 455 g/mol. The number of halogens is 1. The average Bonchev–Trinajstić information content (AvgIpc) is 3.16. The Morgan fingerprint density at radius 3 is 2.66 bits per heavy atom. The van der Waals surface area contributed by atoms with Crippen molar-refractivity contribution >= 4 is 44.4 Å². The molecule has 2 aromatic heterocycles. The summed E-state index contributed by atoms with van der Waals surface area (Å²) < 4.78 is 1.82. The molecule has 4 aromatic rings. The molecule has 0 fully saturated rings. The van der Waals surface area contributed by atoms with Gasteiger partial charge < -0.3 is 0 Å². The van der Waals surface area contributed by atoms with E-state index in [0.29, 0.717) is 21.1 Å². The maximum Gasteiger partial charge on any atom is 0.357 e. The minimum Gasteiger partial charge on any atom is -0.276 e. The molecular weight excluding hydrogens is 444 g/mol. The van der Waals surface area contributed by atoms with Crippen molar-refractivity contribution in [2.45, 2.75) is 0 Å². The van der Waals surface area contributed by atoms with Crippen molar-refractivity contribution in [1.29, 1.82) is 0 Å². The smallest absolute Gasteiger partial charge is 0.276 e. The van der Waals surface area contributed by atoms with Gasteiger partial charge in [0.05, 0.1) is 16.0 Å². The highest BCUT2D eigenvalue weighted by molar-refractivity contribution is 9.10. The van der Waals surface area contributed by atoms with Gasteiger partial charge in [0.15, 0.2) is 0 Å². The van der Waals surface area contributed by atoms with Gasteiger partial charge in [-0.3, -0.25) is 25.8 Å². The fraction of sp³-hybridized carbons (Fsp3) is 0. The number of rotatable bonds is 5. The lowest BCUT2D eigenvalue weighted by molar-refractivity contribution is -0.384. The Morgan fingerprint density at radius 1 is 1.10 bits per heavy atom. The molecule has 0 aliphatic rings. The Kier molecular flexibility index (Phi) is 4.83. The molecule has 0 aliphatic carbocycles. The summed E-state index contributed by atoms with van der Waals surface area (Å²) in [5.41, 5.74) is 5.87. The molecule has 144 valence electrons. The van der Waals surface area contributed by atoms with Crippen LogP contribution in [-0.4, -0.2) is 35.8 Å². The summed E-state index contributed by atoms with van der Waals surface area (Å²) in [4.78, 5) is 31.3. The highest BCUT2D eigenvalue weighted by Gasteiger charge is 2.26. The van der Waals surface area contributed by atoms with E-state index in [-0.39, 0.29) is 11.6 Å². The summed E-state index contributed by atoms with van der Waals surface area (Å²) in [7, 11) is 0. The van der Waals surface area contributed by atoms with E-state index >= 15 is 0 Å². The predicted molar refractivity (Wildman–Crippen MR) is 106 cm³/mol. The first-order valence-corrected chi connectivity index (χ1v) is 8.96. The predicted octanol–water partition coefficient (Wildman–Crippen LogP) is 2.64. The van der Waals surface area contributed by atoms with Crippen LogP contribution in [-0.2, 0) is 0 Å². The number of nitrogens with zero attached hydrogens (tertiary/aromatic N) is 6. The molecule has 0 aliphatic heterocycles. The molecule has 0 saturated carbocycles. The van der Waals surface area contributed by atoms with E-state index in [2.05, 4.69) is 47.1 Å². The second-order valence-corrected chi connectivity index (χ2v) is 6.55. The summed E-state index contributed by atoms with van der Waals surface area (Å²) in [6.45, 7) is 0. The third kappa shape index (κ3) is 3.48. The van der Waals surface area contributed by atoms with Gasteiger partial charge in [0.25, 0.3) is 5.91 Å². The fourth-order valence-electron chi connectivity index (χ4n) is 2.64. The zero-order chi connectivity index (χ0) is 20.4. The molecule has 2 heterocycles. The second-order valence-electron chi connectivity index (χ2n) is 5.70. The van der Waals surface area contributed by atoms with Crippen molar-refractivity contribution in [3.05, 3.63) is 75.0 Å². The Morgan fingerprint density at radius 2 is 1.86 bits per heavy atom. The Hall–Kier alpha value is -3.93. The van der Waals surface area contributed by atoms with E-state index < -0.39 is 16.5 Å². The Balaban J connectivity index is 1.70. The number of hydrogen-bond donors (Lipinski definition) is 2. The number of carbonyl (C=O) groups excluding carboxylic acids is 1. The molecular formula is C17H11BrN8O3. The van der Waals surface area contributed by atoms with Crippen molar-refractivity contribution in [3.8, 4) is 5.82 Å². The van der Waals surface area contributed by atoms with Crippen LogP contribution in [0.1, 0.15) is 10.4 Å². The van der Waals surface area contributed by atoms with Crippen molar-refractivity contribution in [1.82, 2.24) is 30.4 Å². The lowest BCUT2D eigenvalue weighted by atomic mass is 10.2. The number of aromatic nitrogens is 5. The molecule has 0 atom stereocenters. The van der Waals surface area contributed by atoms with Crippen LogP contribution >= 0.6 is 15.9 Å². The lowest BCUT2D eigenvalue weighted by Gasteiger charge is -2.10.